The molecule has 1 amide bonds. The van der Waals surface area contributed by atoms with Gasteiger partial charge in [0, 0.05) is 0 Å². The molecule has 1 aromatic carbocycles. The molecule has 0 saturated carbocycles. The highest BCUT2D eigenvalue weighted by atomic mass is 16.5. The van der Waals surface area contributed by atoms with E-state index in [9.17, 15) is 4.79 Å². The van der Waals surface area contributed by atoms with Crippen LogP contribution in [0.25, 0.3) is 0 Å². The van der Waals surface area contributed by atoms with Crippen molar-refractivity contribution in [3.8, 4) is 5.75 Å². The lowest BCUT2D eigenvalue weighted by molar-refractivity contribution is -0.124. The van der Waals surface area contributed by atoms with Crippen molar-refractivity contribution in [2.24, 2.45) is 11.7 Å². The Morgan fingerprint density at radius 3 is 2.36 bits per heavy atom. The number of nitrogens with one attached hydrogen (secondary N) is 1. The maximum atomic E-state index is 12.1. The van der Waals surface area contributed by atoms with Crippen molar-refractivity contribution in [1.82, 2.24) is 5.32 Å². The van der Waals surface area contributed by atoms with Gasteiger partial charge in [0.05, 0.1) is 18.2 Å². The molecule has 0 spiro atoms. The number of carbonyl (C=O) groups is 1. The zero-order chi connectivity index (χ0) is 16.8. The third kappa shape index (κ3) is 5.68. The van der Waals surface area contributed by atoms with Gasteiger partial charge in [0.25, 0.3) is 0 Å². The molecule has 0 aromatic heterocycles. The van der Waals surface area contributed by atoms with Crippen LogP contribution in [0.2, 0.25) is 0 Å². The fourth-order valence-corrected chi connectivity index (χ4v) is 2.15. The van der Waals surface area contributed by atoms with E-state index in [1.807, 2.05) is 45.0 Å². The number of carbonyl (C=O) groups excluding carboxylic acids is 1. The topological polar surface area (TPSA) is 64.4 Å². The smallest absolute Gasteiger partial charge is 0.237 e. The minimum Gasteiger partial charge on any atom is -0.493 e. The normalized spacial score (nSPS) is 13.0. The highest BCUT2D eigenvalue weighted by molar-refractivity contribution is 5.82. The summed E-state index contributed by atoms with van der Waals surface area (Å²) in [5, 5.41) is 3.02. The maximum absolute atomic E-state index is 12.1. The van der Waals surface area contributed by atoms with Gasteiger partial charge in [-0.15, -0.1) is 0 Å². The predicted molar refractivity (Wildman–Crippen MR) is 90.8 cm³/mol. The summed E-state index contributed by atoms with van der Waals surface area (Å²) in [6.07, 6.45) is 1.60. The molecule has 0 saturated heterocycles. The van der Waals surface area contributed by atoms with Crippen LogP contribution < -0.4 is 15.8 Å². The Morgan fingerprint density at radius 2 is 1.86 bits per heavy atom. The number of nitrogens with two attached hydrogens (primary N) is 1. The second-order valence-electron chi connectivity index (χ2n) is 6.74. The summed E-state index contributed by atoms with van der Waals surface area (Å²) in [6.45, 7) is 10.9. The van der Waals surface area contributed by atoms with Gasteiger partial charge in [0.15, 0.2) is 0 Å². The summed E-state index contributed by atoms with van der Waals surface area (Å²) in [4.78, 5) is 12.1. The van der Waals surface area contributed by atoms with Crippen molar-refractivity contribution < 1.29 is 9.53 Å². The number of rotatable bonds is 8. The molecule has 0 bridgehead atoms. The molecule has 0 heterocycles. The molecular weight excluding hydrogens is 276 g/mol. The second-order valence-corrected chi connectivity index (χ2v) is 6.74. The average Bonchev–Trinajstić information content (AvgIpc) is 2.45. The highest BCUT2D eigenvalue weighted by Crippen LogP contribution is 2.23. The van der Waals surface area contributed by atoms with Crippen LogP contribution in [0.15, 0.2) is 24.3 Å². The van der Waals surface area contributed by atoms with Gasteiger partial charge < -0.3 is 15.8 Å². The van der Waals surface area contributed by atoms with E-state index in [0.29, 0.717) is 18.9 Å². The number of ether oxygens (including phenoxy) is 1. The predicted octanol–water partition coefficient (Wildman–Crippen LogP) is 3.20. The molecule has 0 aliphatic carbocycles. The van der Waals surface area contributed by atoms with Gasteiger partial charge in [-0.2, -0.15) is 0 Å². The van der Waals surface area contributed by atoms with Crippen LogP contribution in [0.4, 0.5) is 0 Å². The quantitative estimate of drug-likeness (QED) is 0.775. The fourth-order valence-electron chi connectivity index (χ4n) is 2.15. The zero-order valence-corrected chi connectivity index (χ0v) is 14.5. The monoisotopic (exact) mass is 306 g/mol. The molecule has 3 N–H and O–H groups in total. The van der Waals surface area contributed by atoms with Crippen LogP contribution >= 0.6 is 0 Å². The van der Waals surface area contributed by atoms with Gasteiger partial charge >= 0.3 is 0 Å². The number of benzene rings is 1. The van der Waals surface area contributed by atoms with Gasteiger partial charge in [0.1, 0.15) is 5.75 Å². The molecule has 22 heavy (non-hydrogen) atoms. The van der Waals surface area contributed by atoms with E-state index in [1.54, 1.807) is 0 Å². The van der Waals surface area contributed by atoms with Crippen LogP contribution in [0, 0.1) is 5.92 Å². The molecule has 0 aliphatic heterocycles. The minimum atomic E-state index is -0.459. The Kier molecular flexibility index (Phi) is 6.88. The van der Waals surface area contributed by atoms with Gasteiger partial charge in [-0.3, -0.25) is 4.79 Å². The summed E-state index contributed by atoms with van der Waals surface area (Å²) in [5.74, 6) is 1.24. The van der Waals surface area contributed by atoms with Crippen molar-refractivity contribution in [2.45, 2.75) is 59.0 Å². The molecule has 0 fully saturated rings. The first kappa shape index (κ1) is 18.5. The van der Waals surface area contributed by atoms with E-state index in [0.717, 1.165) is 17.7 Å². The number of hydrogen-bond donors (Lipinski definition) is 2. The Morgan fingerprint density at radius 1 is 1.27 bits per heavy atom. The Balaban J connectivity index is 2.70. The molecule has 1 atom stereocenters. The van der Waals surface area contributed by atoms with Gasteiger partial charge in [-0.1, -0.05) is 39.3 Å². The first-order valence-electron chi connectivity index (χ1n) is 8.07. The second kappa shape index (κ2) is 8.18. The molecule has 1 aromatic rings. The third-order valence-corrected chi connectivity index (χ3v) is 3.53. The minimum absolute atomic E-state index is 0.105. The number of hydrogen-bond acceptors (Lipinski definition) is 3. The standard InChI is InChI=1S/C18H30N2O2/c1-6-7-16(19)17(21)20-18(4,5)14-8-10-15(11-9-14)22-12-13(2)3/h8-11,13,16H,6-7,12,19H2,1-5H3,(H,20,21). The van der Waals surface area contributed by atoms with Crippen LogP contribution in [0.3, 0.4) is 0 Å². The first-order chi connectivity index (χ1) is 10.3. The van der Waals surface area contributed by atoms with Crippen molar-refractivity contribution in [2.75, 3.05) is 6.61 Å². The first-order valence-corrected chi connectivity index (χ1v) is 8.07. The molecule has 1 rings (SSSR count). The molecule has 1 unspecified atom stereocenters. The zero-order valence-electron chi connectivity index (χ0n) is 14.5. The van der Waals surface area contributed by atoms with Crippen molar-refractivity contribution in [1.29, 1.82) is 0 Å². The van der Waals surface area contributed by atoms with E-state index in [2.05, 4.69) is 19.2 Å². The Labute approximate surface area is 134 Å². The fraction of sp³-hybridized carbons (Fsp3) is 0.611. The van der Waals surface area contributed by atoms with E-state index in [4.69, 9.17) is 10.5 Å². The van der Waals surface area contributed by atoms with Gasteiger partial charge in [-0.05, 0) is 43.9 Å². The van der Waals surface area contributed by atoms with E-state index in [1.165, 1.54) is 0 Å². The lowest BCUT2D eigenvalue weighted by Crippen LogP contribution is -2.48. The SMILES string of the molecule is CCCC(N)C(=O)NC(C)(C)c1ccc(OCC(C)C)cc1. The van der Waals surface area contributed by atoms with E-state index in [-0.39, 0.29) is 5.91 Å². The molecule has 0 aliphatic rings. The maximum Gasteiger partial charge on any atom is 0.237 e. The summed E-state index contributed by atoms with van der Waals surface area (Å²) in [7, 11) is 0. The summed E-state index contributed by atoms with van der Waals surface area (Å²) in [5.41, 5.74) is 6.44. The van der Waals surface area contributed by atoms with Crippen molar-refractivity contribution in [3.63, 3.8) is 0 Å². The molecule has 4 nitrogen and oxygen atoms in total. The summed E-state index contributed by atoms with van der Waals surface area (Å²) in [6, 6.07) is 7.41. The Hall–Kier alpha value is -1.55. The van der Waals surface area contributed by atoms with E-state index >= 15 is 0 Å². The van der Waals surface area contributed by atoms with Crippen molar-refractivity contribution in [3.05, 3.63) is 29.8 Å². The molecular formula is C18H30N2O2. The summed E-state index contributed by atoms with van der Waals surface area (Å²) < 4.78 is 5.68. The molecule has 124 valence electrons. The van der Waals surface area contributed by atoms with Gasteiger partial charge in [0.2, 0.25) is 5.91 Å². The van der Waals surface area contributed by atoms with Crippen LogP contribution in [0.1, 0.15) is 53.0 Å². The molecule has 4 heteroatoms. The van der Waals surface area contributed by atoms with Crippen molar-refractivity contribution >= 4 is 5.91 Å². The number of amides is 1. The Bertz CT molecular complexity index is 466. The molecule has 0 radical (unpaired) electrons. The largest absolute Gasteiger partial charge is 0.493 e. The van der Waals surface area contributed by atoms with Crippen LogP contribution in [0.5, 0.6) is 5.75 Å². The van der Waals surface area contributed by atoms with Gasteiger partial charge in [-0.25, -0.2) is 0 Å². The van der Waals surface area contributed by atoms with Crippen LogP contribution in [-0.4, -0.2) is 18.6 Å². The third-order valence-electron chi connectivity index (χ3n) is 3.53. The summed E-state index contributed by atoms with van der Waals surface area (Å²) >= 11 is 0. The average molecular weight is 306 g/mol. The highest BCUT2D eigenvalue weighted by Gasteiger charge is 2.25. The lowest BCUT2D eigenvalue weighted by Gasteiger charge is -2.28. The van der Waals surface area contributed by atoms with Crippen LogP contribution in [-0.2, 0) is 10.3 Å². The van der Waals surface area contributed by atoms with E-state index < -0.39 is 11.6 Å². The lowest BCUT2D eigenvalue weighted by atomic mass is 9.93.